The summed E-state index contributed by atoms with van der Waals surface area (Å²) >= 11 is 0. The minimum Gasteiger partial charge on any atom is -0.486 e. The fraction of sp³-hybridized carbons (Fsp3) is 0.346. The number of nitrogens with zero attached hydrogens (tertiary/aromatic N) is 2. The van der Waals surface area contributed by atoms with Gasteiger partial charge in [-0.15, -0.1) is 0 Å². The van der Waals surface area contributed by atoms with Gasteiger partial charge in [0, 0.05) is 30.5 Å². The van der Waals surface area contributed by atoms with Gasteiger partial charge < -0.3 is 9.47 Å². The molecule has 1 unspecified atom stereocenters. The summed E-state index contributed by atoms with van der Waals surface area (Å²) in [4.78, 5) is 6.90. The largest absolute Gasteiger partial charge is 0.486 e. The Morgan fingerprint density at radius 2 is 1.83 bits per heavy atom. The molecular weight excluding hydrogens is 372 g/mol. The first-order valence-corrected chi connectivity index (χ1v) is 10.8. The Kier molecular flexibility index (Phi) is 5.17. The van der Waals surface area contributed by atoms with Crippen molar-refractivity contribution >= 4 is 0 Å². The molecule has 0 spiro atoms. The van der Waals surface area contributed by atoms with Crippen LogP contribution in [0.1, 0.15) is 41.1 Å². The van der Waals surface area contributed by atoms with E-state index in [9.17, 15) is 0 Å². The Hall–Kier alpha value is -2.85. The molecule has 4 nitrogen and oxygen atoms in total. The maximum Gasteiger partial charge on any atom is 0.161 e. The zero-order valence-corrected chi connectivity index (χ0v) is 17.7. The lowest BCUT2D eigenvalue weighted by molar-refractivity contribution is 0.170. The molecule has 4 heteroatoms. The van der Waals surface area contributed by atoms with Gasteiger partial charge in [0.25, 0.3) is 0 Å². The Bertz CT molecular complexity index is 1060. The maximum absolute atomic E-state index is 5.81. The first-order chi connectivity index (χ1) is 14.7. The van der Waals surface area contributed by atoms with Gasteiger partial charge in [0.05, 0.1) is 0 Å². The molecular formula is C26H28N2O2. The smallest absolute Gasteiger partial charge is 0.161 e. The van der Waals surface area contributed by atoms with Gasteiger partial charge in [-0.25, -0.2) is 0 Å². The van der Waals surface area contributed by atoms with Crippen LogP contribution in [0.25, 0.3) is 11.1 Å². The van der Waals surface area contributed by atoms with Crippen LogP contribution < -0.4 is 9.47 Å². The van der Waals surface area contributed by atoms with Crippen molar-refractivity contribution in [3.05, 3.63) is 77.1 Å². The number of aromatic nitrogens is 1. The second-order valence-electron chi connectivity index (χ2n) is 8.36. The molecule has 0 amide bonds. The monoisotopic (exact) mass is 400 g/mol. The summed E-state index contributed by atoms with van der Waals surface area (Å²) in [5.41, 5.74) is 7.77. The van der Waals surface area contributed by atoms with E-state index in [-0.39, 0.29) is 0 Å². The number of rotatable bonds is 4. The Balaban J connectivity index is 1.37. The van der Waals surface area contributed by atoms with E-state index in [0.717, 1.165) is 24.6 Å². The molecule has 0 bridgehead atoms. The topological polar surface area (TPSA) is 34.6 Å². The average molecular weight is 401 g/mol. The summed E-state index contributed by atoms with van der Waals surface area (Å²) in [5, 5.41) is 0. The summed E-state index contributed by atoms with van der Waals surface area (Å²) < 4.78 is 11.5. The van der Waals surface area contributed by atoms with E-state index >= 15 is 0 Å². The van der Waals surface area contributed by atoms with Gasteiger partial charge >= 0.3 is 0 Å². The maximum atomic E-state index is 5.81. The highest BCUT2D eigenvalue weighted by atomic mass is 16.6. The number of pyridine rings is 1. The van der Waals surface area contributed by atoms with Crippen LogP contribution in [-0.4, -0.2) is 29.6 Å². The molecule has 2 aromatic carbocycles. The summed E-state index contributed by atoms with van der Waals surface area (Å²) in [7, 11) is 0. The molecule has 1 saturated heterocycles. The van der Waals surface area contributed by atoms with Gasteiger partial charge in [-0.3, -0.25) is 9.88 Å². The predicted octanol–water partition coefficient (Wildman–Crippen LogP) is 5.47. The molecule has 0 radical (unpaired) electrons. The van der Waals surface area contributed by atoms with Crippen molar-refractivity contribution in [1.29, 1.82) is 0 Å². The molecule has 0 aliphatic carbocycles. The van der Waals surface area contributed by atoms with E-state index in [0.29, 0.717) is 19.3 Å². The Morgan fingerprint density at radius 1 is 0.967 bits per heavy atom. The van der Waals surface area contributed by atoms with Gasteiger partial charge in [-0.2, -0.15) is 0 Å². The van der Waals surface area contributed by atoms with Gasteiger partial charge in [0.1, 0.15) is 13.2 Å². The van der Waals surface area contributed by atoms with Crippen molar-refractivity contribution in [3.63, 3.8) is 0 Å². The third kappa shape index (κ3) is 3.68. The van der Waals surface area contributed by atoms with Crippen LogP contribution in [0.15, 0.2) is 54.9 Å². The molecule has 1 atom stereocenters. The highest BCUT2D eigenvalue weighted by Gasteiger charge is 2.27. The van der Waals surface area contributed by atoms with Crippen molar-refractivity contribution in [2.45, 2.75) is 39.3 Å². The second kappa shape index (κ2) is 8.11. The molecule has 3 heterocycles. The van der Waals surface area contributed by atoms with E-state index in [1.165, 1.54) is 46.2 Å². The third-order valence-electron chi connectivity index (χ3n) is 6.38. The lowest BCUT2D eigenvalue weighted by atomic mass is 9.97. The van der Waals surface area contributed by atoms with Crippen LogP contribution in [0.2, 0.25) is 0 Å². The highest BCUT2D eigenvalue weighted by Crippen LogP contribution is 2.39. The Labute approximate surface area is 178 Å². The minimum absolute atomic E-state index is 0.431. The van der Waals surface area contributed by atoms with Crippen molar-refractivity contribution < 1.29 is 9.47 Å². The summed E-state index contributed by atoms with van der Waals surface area (Å²) in [5.74, 6) is 1.75. The van der Waals surface area contributed by atoms with Crippen molar-refractivity contribution in [1.82, 2.24) is 9.88 Å². The number of benzene rings is 2. The molecule has 154 valence electrons. The predicted molar refractivity (Wildman–Crippen MR) is 119 cm³/mol. The lowest BCUT2D eigenvalue weighted by Crippen LogP contribution is -2.23. The first-order valence-electron chi connectivity index (χ1n) is 10.8. The van der Waals surface area contributed by atoms with E-state index in [1.54, 1.807) is 0 Å². The van der Waals surface area contributed by atoms with Crippen LogP contribution in [0.5, 0.6) is 11.5 Å². The number of likely N-dealkylation sites (tertiary alicyclic amines) is 1. The van der Waals surface area contributed by atoms with Crippen molar-refractivity contribution in [2.24, 2.45) is 0 Å². The second-order valence-corrected chi connectivity index (χ2v) is 8.36. The minimum atomic E-state index is 0.431. The standard InChI is InChI=1S/C26H28N2O2/c1-18-9-10-27-16-23(18)20-5-6-22(19(2)14-20)17-28-11-3-4-24(28)21-7-8-25-26(15-21)30-13-12-29-25/h5-10,14-16,24H,3-4,11-13,17H2,1-2H3. The summed E-state index contributed by atoms with van der Waals surface area (Å²) in [6, 6.07) is 15.8. The fourth-order valence-electron chi connectivity index (χ4n) is 4.69. The number of ether oxygens (including phenoxy) is 2. The zero-order chi connectivity index (χ0) is 20.5. The van der Waals surface area contributed by atoms with E-state index in [4.69, 9.17) is 9.47 Å². The Morgan fingerprint density at radius 3 is 2.67 bits per heavy atom. The number of hydrogen-bond acceptors (Lipinski definition) is 4. The van der Waals surface area contributed by atoms with Crippen LogP contribution in [-0.2, 0) is 6.54 Å². The van der Waals surface area contributed by atoms with Gasteiger partial charge in [-0.1, -0.05) is 24.3 Å². The molecule has 3 aromatic rings. The molecule has 1 aromatic heterocycles. The normalized spacial score (nSPS) is 18.5. The summed E-state index contributed by atoms with van der Waals surface area (Å²) in [6.45, 7) is 7.73. The fourth-order valence-corrected chi connectivity index (χ4v) is 4.69. The van der Waals surface area contributed by atoms with Crippen molar-refractivity contribution in [2.75, 3.05) is 19.8 Å². The highest BCUT2D eigenvalue weighted by molar-refractivity contribution is 5.67. The van der Waals surface area contributed by atoms with Gasteiger partial charge in [-0.05, 0) is 79.3 Å². The number of hydrogen-bond donors (Lipinski definition) is 0. The molecule has 0 N–H and O–H groups in total. The van der Waals surface area contributed by atoms with Crippen molar-refractivity contribution in [3.8, 4) is 22.6 Å². The zero-order valence-electron chi connectivity index (χ0n) is 17.7. The van der Waals surface area contributed by atoms with E-state index < -0.39 is 0 Å². The van der Waals surface area contributed by atoms with Gasteiger partial charge in [0.2, 0.25) is 0 Å². The average Bonchev–Trinajstić information content (AvgIpc) is 3.23. The van der Waals surface area contributed by atoms with E-state index in [2.05, 4.69) is 66.2 Å². The summed E-state index contributed by atoms with van der Waals surface area (Å²) in [6.07, 6.45) is 6.23. The molecule has 1 fully saturated rings. The van der Waals surface area contributed by atoms with E-state index in [1.807, 2.05) is 12.4 Å². The SMILES string of the molecule is Cc1cc(-c2cnccc2C)ccc1CN1CCCC1c1ccc2c(c1)OCCO2. The van der Waals surface area contributed by atoms with Crippen LogP contribution in [0.4, 0.5) is 0 Å². The number of aryl methyl sites for hydroxylation is 2. The number of fused-ring (bicyclic) bond motifs is 1. The third-order valence-corrected chi connectivity index (χ3v) is 6.38. The quantitative estimate of drug-likeness (QED) is 0.581. The molecule has 5 rings (SSSR count). The molecule has 2 aliphatic heterocycles. The first kappa shape index (κ1) is 19.1. The molecule has 0 saturated carbocycles. The van der Waals surface area contributed by atoms with Crippen LogP contribution >= 0.6 is 0 Å². The molecule has 2 aliphatic rings. The van der Waals surface area contributed by atoms with Crippen LogP contribution in [0.3, 0.4) is 0 Å². The van der Waals surface area contributed by atoms with Crippen LogP contribution in [0, 0.1) is 13.8 Å². The molecule has 30 heavy (non-hydrogen) atoms. The lowest BCUT2D eigenvalue weighted by Gasteiger charge is -2.27. The van der Waals surface area contributed by atoms with Gasteiger partial charge in [0.15, 0.2) is 11.5 Å².